The molecule has 1 N–H and O–H groups in total. The number of carboxylic acid groups (broad SMARTS) is 1. The molecule has 8 heavy (non-hydrogen) atoms. The third kappa shape index (κ3) is 2.25. The lowest BCUT2D eigenvalue weighted by molar-refractivity contribution is -0.139. The van der Waals surface area contributed by atoms with Gasteiger partial charge in [0.1, 0.15) is 5.92 Å². The van der Waals surface area contributed by atoms with Crippen LogP contribution in [0.25, 0.3) is 0 Å². The maximum Gasteiger partial charge on any atom is 0.318 e. The second-order valence-corrected chi connectivity index (χ2v) is 1.45. The normalized spacial score (nSPS) is 11.2. The van der Waals surface area contributed by atoms with Crippen LogP contribution in [-0.4, -0.2) is 11.1 Å². The Morgan fingerprint density at radius 1 is 1.75 bits per heavy atom. The molecule has 1 unspecified atom stereocenters. The minimum Gasteiger partial charge on any atom is -0.480 e. The first-order valence-electron chi connectivity index (χ1n) is 2.33. The number of aliphatic carboxylic acids is 1. The van der Waals surface area contributed by atoms with E-state index >= 15 is 0 Å². The summed E-state index contributed by atoms with van der Waals surface area (Å²) in [7, 11) is 0. The van der Waals surface area contributed by atoms with Crippen molar-refractivity contribution in [3.63, 3.8) is 0 Å². The van der Waals surface area contributed by atoms with Crippen LogP contribution in [0.1, 0.15) is 13.8 Å². The highest BCUT2D eigenvalue weighted by atomic mass is 16.4. The van der Waals surface area contributed by atoms with Crippen LogP contribution >= 0.6 is 0 Å². The molecule has 0 fully saturated rings. The van der Waals surface area contributed by atoms with E-state index in [9.17, 15) is 4.79 Å². The first kappa shape index (κ1) is 7.03. The summed E-state index contributed by atoms with van der Waals surface area (Å²) in [5.41, 5.74) is 0. The molecule has 0 saturated carbocycles. The van der Waals surface area contributed by atoms with Gasteiger partial charge in [0.15, 0.2) is 0 Å². The Kier molecular flexibility index (Phi) is 2.71. The molecule has 0 radical (unpaired) electrons. The van der Waals surface area contributed by atoms with Gasteiger partial charge in [-0.05, 0) is 13.8 Å². The van der Waals surface area contributed by atoms with E-state index in [1.165, 1.54) is 0 Å². The number of hydrogen-bond donors (Lipinski definition) is 1. The molecule has 0 heterocycles. The highest BCUT2D eigenvalue weighted by Crippen LogP contribution is 1.88. The van der Waals surface area contributed by atoms with Crippen molar-refractivity contribution < 1.29 is 9.90 Å². The Hall–Kier alpha value is -0.970. The average Bonchev–Trinajstić information content (AvgIpc) is 1.67. The molecule has 44 valence electrons. The van der Waals surface area contributed by atoms with Crippen LogP contribution in [0.5, 0.6) is 0 Å². The van der Waals surface area contributed by atoms with E-state index in [2.05, 4.69) is 11.8 Å². The molecule has 0 aromatic heterocycles. The quantitative estimate of drug-likeness (QED) is 0.508. The van der Waals surface area contributed by atoms with Crippen molar-refractivity contribution in [3.8, 4) is 11.8 Å². The molecule has 0 aromatic carbocycles. The second kappa shape index (κ2) is 3.09. The Balaban J connectivity index is 3.77. The Labute approximate surface area is 48.5 Å². The molecule has 0 aromatic rings. The van der Waals surface area contributed by atoms with Crippen molar-refractivity contribution in [2.75, 3.05) is 0 Å². The lowest BCUT2D eigenvalue weighted by Crippen LogP contribution is -2.05. The van der Waals surface area contributed by atoms with E-state index < -0.39 is 11.9 Å². The molecule has 0 aliphatic carbocycles. The summed E-state index contributed by atoms with van der Waals surface area (Å²) in [6.45, 7) is 3.18. The SMILES string of the molecule is CC#CC(C)C(=O)O. The lowest BCUT2D eigenvalue weighted by atomic mass is 10.2. The first-order valence-corrected chi connectivity index (χ1v) is 2.33. The molecule has 0 aliphatic heterocycles. The summed E-state index contributed by atoms with van der Waals surface area (Å²) in [5.74, 6) is 3.62. The van der Waals surface area contributed by atoms with Gasteiger partial charge in [-0.15, -0.1) is 5.92 Å². The van der Waals surface area contributed by atoms with E-state index in [1.54, 1.807) is 13.8 Å². The van der Waals surface area contributed by atoms with Crippen molar-refractivity contribution in [2.45, 2.75) is 13.8 Å². The summed E-state index contributed by atoms with van der Waals surface area (Å²) in [5, 5.41) is 8.21. The fourth-order valence-corrected chi connectivity index (χ4v) is 0.278. The largest absolute Gasteiger partial charge is 0.480 e. The van der Waals surface area contributed by atoms with Crippen molar-refractivity contribution in [1.82, 2.24) is 0 Å². The zero-order valence-electron chi connectivity index (χ0n) is 4.93. The predicted molar refractivity (Wildman–Crippen MR) is 30.2 cm³/mol. The van der Waals surface area contributed by atoms with Crippen molar-refractivity contribution in [3.05, 3.63) is 0 Å². The summed E-state index contributed by atoms with van der Waals surface area (Å²) in [6, 6.07) is 0. The highest BCUT2D eigenvalue weighted by molar-refractivity contribution is 5.72. The van der Waals surface area contributed by atoms with Crippen LogP contribution in [0.15, 0.2) is 0 Å². The summed E-state index contributed by atoms with van der Waals surface area (Å²) in [4.78, 5) is 9.99. The van der Waals surface area contributed by atoms with Gasteiger partial charge >= 0.3 is 5.97 Å². The van der Waals surface area contributed by atoms with Crippen LogP contribution in [-0.2, 0) is 4.79 Å². The molecule has 2 nitrogen and oxygen atoms in total. The van der Waals surface area contributed by atoms with E-state index in [-0.39, 0.29) is 0 Å². The Bertz CT molecular complexity index is 138. The van der Waals surface area contributed by atoms with Gasteiger partial charge in [-0.1, -0.05) is 5.92 Å². The van der Waals surface area contributed by atoms with Gasteiger partial charge in [0, 0.05) is 0 Å². The maximum atomic E-state index is 9.99. The molecule has 0 aliphatic rings. The van der Waals surface area contributed by atoms with Gasteiger partial charge < -0.3 is 5.11 Å². The van der Waals surface area contributed by atoms with Crippen molar-refractivity contribution in [2.24, 2.45) is 5.92 Å². The predicted octanol–water partition coefficient (Wildman–Crippen LogP) is 0.730. The van der Waals surface area contributed by atoms with E-state index in [1.807, 2.05) is 0 Å². The van der Waals surface area contributed by atoms with Crippen LogP contribution in [0.4, 0.5) is 0 Å². The molecular formula is C6H8O2. The van der Waals surface area contributed by atoms with Gasteiger partial charge in [-0.2, -0.15) is 0 Å². The molecule has 0 rings (SSSR count). The topological polar surface area (TPSA) is 37.3 Å². The fourth-order valence-electron chi connectivity index (χ4n) is 0.278. The monoisotopic (exact) mass is 112 g/mol. The molecular weight excluding hydrogens is 104 g/mol. The number of carboxylic acids is 1. The standard InChI is InChI=1S/C6H8O2/c1-3-4-5(2)6(7)8/h5H,1-2H3,(H,7,8). The minimum atomic E-state index is -0.862. The van der Waals surface area contributed by atoms with Gasteiger partial charge in [0.05, 0.1) is 0 Å². The summed E-state index contributed by atoms with van der Waals surface area (Å²) >= 11 is 0. The fraction of sp³-hybridized carbons (Fsp3) is 0.500. The first-order chi connectivity index (χ1) is 3.68. The summed E-state index contributed by atoms with van der Waals surface area (Å²) < 4.78 is 0. The minimum absolute atomic E-state index is 0.528. The van der Waals surface area contributed by atoms with E-state index in [4.69, 9.17) is 5.11 Å². The van der Waals surface area contributed by atoms with Crippen LogP contribution in [0, 0.1) is 17.8 Å². The lowest BCUT2D eigenvalue weighted by Gasteiger charge is -1.90. The average molecular weight is 112 g/mol. The van der Waals surface area contributed by atoms with Gasteiger partial charge in [-0.25, -0.2) is 0 Å². The van der Waals surface area contributed by atoms with E-state index in [0.717, 1.165) is 0 Å². The van der Waals surface area contributed by atoms with Gasteiger partial charge in [-0.3, -0.25) is 4.79 Å². The second-order valence-electron chi connectivity index (χ2n) is 1.45. The molecule has 2 heteroatoms. The molecule has 1 atom stereocenters. The Morgan fingerprint density at radius 2 is 2.25 bits per heavy atom. The zero-order chi connectivity index (χ0) is 6.57. The van der Waals surface area contributed by atoms with Crippen LogP contribution in [0.2, 0.25) is 0 Å². The number of rotatable bonds is 1. The molecule has 0 spiro atoms. The van der Waals surface area contributed by atoms with Crippen LogP contribution < -0.4 is 0 Å². The van der Waals surface area contributed by atoms with Crippen LogP contribution in [0.3, 0.4) is 0 Å². The highest BCUT2D eigenvalue weighted by Gasteiger charge is 2.03. The molecule has 0 amide bonds. The van der Waals surface area contributed by atoms with Crippen molar-refractivity contribution in [1.29, 1.82) is 0 Å². The smallest absolute Gasteiger partial charge is 0.318 e. The molecule has 0 saturated heterocycles. The zero-order valence-corrected chi connectivity index (χ0v) is 4.93. The number of hydrogen-bond acceptors (Lipinski definition) is 1. The van der Waals surface area contributed by atoms with E-state index in [0.29, 0.717) is 0 Å². The third-order valence-electron chi connectivity index (χ3n) is 0.731. The van der Waals surface area contributed by atoms with Gasteiger partial charge in [0.2, 0.25) is 0 Å². The molecule has 0 bridgehead atoms. The van der Waals surface area contributed by atoms with Gasteiger partial charge in [0.25, 0.3) is 0 Å². The number of carbonyl (C=O) groups is 1. The maximum absolute atomic E-state index is 9.99. The van der Waals surface area contributed by atoms with Crippen molar-refractivity contribution >= 4 is 5.97 Å². The Morgan fingerprint density at radius 3 is 2.38 bits per heavy atom. The summed E-state index contributed by atoms with van der Waals surface area (Å²) in [6.07, 6.45) is 0. The third-order valence-corrected chi connectivity index (χ3v) is 0.731.